The van der Waals surface area contributed by atoms with Crippen LogP contribution in [0.2, 0.25) is 0 Å². The van der Waals surface area contributed by atoms with E-state index in [1.54, 1.807) is 24.3 Å². The lowest BCUT2D eigenvalue weighted by molar-refractivity contribution is -0.122. The first-order chi connectivity index (χ1) is 9.65. The maximum absolute atomic E-state index is 11.9. The number of rotatable bonds is 5. The zero-order valence-corrected chi connectivity index (χ0v) is 11.6. The minimum atomic E-state index is -0.933. The fraction of sp³-hybridized carbons (Fsp3) is 0.500. The monoisotopic (exact) mass is 275 g/mol. The molecule has 1 amide bonds. The third-order valence-electron chi connectivity index (χ3n) is 3.89. The molecule has 0 bridgehead atoms. The lowest BCUT2D eigenvalue weighted by Gasteiger charge is -2.20. The summed E-state index contributed by atoms with van der Waals surface area (Å²) in [5.41, 5.74) is 1.19. The zero-order valence-electron chi connectivity index (χ0n) is 11.6. The Labute approximate surface area is 119 Å². The number of aromatic carboxylic acids is 1. The average Bonchev–Trinajstić information content (AvgIpc) is 2.46. The molecule has 4 nitrogen and oxygen atoms in total. The van der Waals surface area contributed by atoms with E-state index in [-0.39, 0.29) is 11.5 Å². The lowest BCUT2D eigenvalue weighted by Crippen LogP contribution is -2.25. The minimum Gasteiger partial charge on any atom is -0.478 e. The molecule has 2 N–H and O–H groups in total. The molecule has 0 spiro atoms. The normalized spacial score (nSPS) is 15.8. The Kier molecular flexibility index (Phi) is 5.16. The van der Waals surface area contributed by atoms with E-state index in [4.69, 9.17) is 5.11 Å². The number of hydrogen-bond acceptors (Lipinski definition) is 2. The summed E-state index contributed by atoms with van der Waals surface area (Å²) in [7, 11) is 0. The van der Waals surface area contributed by atoms with Crippen LogP contribution in [-0.4, -0.2) is 17.0 Å². The quantitative estimate of drug-likeness (QED) is 0.868. The van der Waals surface area contributed by atoms with Gasteiger partial charge in [-0.15, -0.1) is 0 Å². The summed E-state index contributed by atoms with van der Waals surface area (Å²) in [5, 5.41) is 11.7. The van der Waals surface area contributed by atoms with Crippen molar-refractivity contribution >= 4 is 11.9 Å². The zero-order chi connectivity index (χ0) is 14.4. The van der Waals surface area contributed by atoms with Gasteiger partial charge in [0.15, 0.2) is 0 Å². The third kappa shape index (κ3) is 4.37. The highest BCUT2D eigenvalue weighted by Crippen LogP contribution is 2.26. The number of amides is 1. The molecule has 4 heteroatoms. The summed E-state index contributed by atoms with van der Waals surface area (Å²) in [4.78, 5) is 22.6. The number of benzene rings is 1. The topological polar surface area (TPSA) is 66.4 Å². The first kappa shape index (κ1) is 14.6. The molecule has 1 aliphatic carbocycles. The highest BCUT2D eigenvalue weighted by molar-refractivity contribution is 5.87. The van der Waals surface area contributed by atoms with Crippen LogP contribution < -0.4 is 5.32 Å². The van der Waals surface area contributed by atoms with Crippen LogP contribution in [0, 0.1) is 5.92 Å². The van der Waals surface area contributed by atoms with Crippen molar-refractivity contribution in [2.45, 2.75) is 45.1 Å². The van der Waals surface area contributed by atoms with Crippen LogP contribution >= 0.6 is 0 Å². The molecule has 1 aromatic carbocycles. The van der Waals surface area contributed by atoms with Gasteiger partial charge in [-0.25, -0.2) is 4.79 Å². The van der Waals surface area contributed by atoms with Gasteiger partial charge in [0.2, 0.25) is 5.91 Å². The summed E-state index contributed by atoms with van der Waals surface area (Å²) >= 11 is 0. The van der Waals surface area contributed by atoms with Crippen LogP contribution in [-0.2, 0) is 11.3 Å². The molecular weight excluding hydrogens is 254 g/mol. The molecule has 0 aliphatic heterocycles. The van der Waals surface area contributed by atoms with Gasteiger partial charge >= 0.3 is 5.97 Å². The minimum absolute atomic E-state index is 0.0965. The van der Waals surface area contributed by atoms with Crippen molar-refractivity contribution < 1.29 is 14.7 Å². The summed E-state index contributed by atoms with van der Waals surface area (Å²) in [6, 6.07) is 6.60. The fourth-order valence-corrected chi connectivity index (χ4v) is 2.69. The van der Waals surface area contributed by atoms with Crippen molar-refractivity contribution in [2.24, 2.45) is 5.92 Å². The van der Waals surface area contributed by atoms with E-state index >= 15 is 0 Å². The molecule has 0 atom stereocenters. The molecular formula is C16H21NO3. The molecule has 1 saturated carbocycles. The molecule has 0 aromatic heterocycles. The Morgan fingerprint density at radius 1 is 1.10 bits per heavy atom. The molecule has 0 radical (unpaired) electrons. The highest BCUT2D eigenvalue weighted by Gasteiger charge is 2.16. The molecule has 0 unspecified atom stereocenters. The second-order valence-corrected chi connectivity index (χ2v) is 5.49. The molecule has 1 fully saturated rings. The average molecular weight is 275 g/mol. The van der Waals surface area contributed by atoms with Crippen molar-refractivity contribution in [1.29, 1.82) is 0 Å². The Bertz CT molecular complexity index is 461. The second-order valence-electron chi connectivity index (χ2n) is 5.49. The van der Waals surface area contributed by atoms with Crippen LogP contribution in [0.3, 0.4) is 0 Å². The van der Waals surface area contributed by atoms with Crippen LogP contribution in [0.1, 0.15) is 54.4 Å². The van der Waals surface area contributed by atoms with Crippen LogP contribution in [0.5, 0.6) is 0 Å². The van der Waals surface area contributed by atoms with Crippen LogP contribution in [0.25, 0.3) is 0 Å². The smallest absolute Gasteiger partial charge is 0.335 e. The van der Waals surface area contributed by atoms with Gasteiger partial charge in [0.05, 0.1) is 5.56 Å². The third-order valence-corrected chi connectivity index (χ3v) is 3.89. The van der Waals surface area contributed by atoms with Crippen molar-refractivity contribution in [2.75, 3.05) is 0 Å². The molecule has 1 aromatic rings. The molecule has 20 heavy (non-hydrogen) atoms. The molecule has 2 rings (SSSR count). The van der Waals surface area contributed by atoms with Gasteiger partial charge in [0.1, 0.15) is 0 Å². The largest absolute Gasteiger partial charge is 0.478 e. The molecule has 1 aliphatic rings. The SMILES string of the molecule is O=C(CC1CCCCC1)NCc1ccc(C(=O)O)cc1. The summed E-state index contributed by atoms with van der Waals surface area (Å²) in [6.07, 6.45) is 6.74. The number of carboxylic acids is 1. The van der Waals surface area contributed by atoms with E-state index in [1.807, 2.05) is 0 Å². The van der Waals surface area contributed by atoms with Gasteiger partial charge in [0, 0.05) is 13.0 Å². The van der Waals surface area contributed by atoms with Gasteiger partial charge in [-0.2, -0.15) is 0 Å². The Morgan fingerprint density at radius 3 is 2.35 bits per heavy atom. The van der Waals surface area contributed by atoms with E-state index in [2.05, 4.69) is 5.32 Å². The van der Waals surface area contributed by atoms with E-state index < -0.39 is 5.97 Å². The summed E-state index contributed by atoms with van der Waals surface area (Å²) < 4.78 is 0. The fourth-order valence-electron chi connectivity index (χ4n) is 2.69. The molecule has 0 heterocycles. The van der Waals surface area contributed by atoms with Crippen molar-refractivity contribution in [3.05, 3.63) is 35.4 Å². The number of hydrogen-bond donors (Lipinski definition) is 2. The Morgan fingerprint density at radius 2 is 1.75 bits per heavy atom. The van der Waals surface area contributed by atoms with E-state index in [0.29, 0.717) is 18.9 Å². The number of nitrogens with one attached hydrogen (secondary N) is 1. The first-order valence-corrected chi connectivity index (χ1v) is 7.24. The van der Waals surface area contributed by atoms with Crippen LogP contribution in [0.4, 0.5) is 0 Å². The highest BCUT2D eigenvalue weighted by atomic mass is 16.4. The van der Waals surface area contributed by atoms with E-state index in [9.17, 15) is 9.59 Å². The Hall–Kier alpha value is -1.84. The maximum atomic E-state index is 11.9. The lowest BCUT2D eigenvalue weighted by atomic mass is 9.87. The van der Waals surface area contributed by atoms with E-state index in [1.165, 1.54) is 32.1 Å². The van der Waals surface area contributed by atoms with Gasteiger partial charge in [-0.3, -0.25) is 4.79 Å². The van der Waals surface area contributed by atoms with E-state index in [0.717, 1.165) is 5.56 Å². The maximum Gasteiger partial charge on any atom is 0.335 e. The van der Waals surface area contributed by atoms with Gasteiger partial charge < -0.3 is 10.4 Å². The molecule has 108 valence electrons. The van der Waals surface area contributed by atoms with Crippen molar-refractivity contribution in [3.63, 3.8) is 0 Å². The standard InChI is InChI=1S/C16H21NO3/c18-15(10-12-4-2-1-3-5-12)17-11-13-6-8-14(9-7-13)16(19)20/h6-9,12H,1-5,10-11H2,(H,17,18)(H,19,20). The van der Waals surface area contributed by atoms with Crippen molar-refractivity contribution in [3.8, 4) is 0 Å². The predicted octanol–water partition coefficient (Wildman–Crippen LogP) is 2.97. The van der Waals surface area contributed by atoms with Gasteiger partial charge in [-0.05, 0) is 36.5 Å². The second kappa shape index (κ2) is 7.08. The predicted molar refractivity (Wildman–Crippen MR) is 76.4 cm³/mol. The van der Waals surface area contributed by atoms with Crippen molar-refractivity contribution in [1.82, 2.24) is 5.32 Å². The number of carbonyl (C=O) groups is 2. The number of carboxylic acid groups (broad SMARTS) is 1. The first-order valence-electron chi connectivity index (χ1n) is 7.24. The van der Waals surface area contributed by atoms with Crippen LogP contribution in [0.15, 0.2) is 24.3 Å². The summed E-state index contributed by atoms with van der Waals surface area (Å²) in [6.45, 7) is 0.464. The molecule has 0 saturated heterocycles. The summed E-state index contributed by atoms with van der Waals surface area (Å²) in [5.74, 6) is -0.296. The van der Waals surface area contributed by atoms with Gasteiger partial charge in [-0.1, -0.05) is 31.4 Å². The number of carbonyl (C=O) groups excluding carboxylic acids is 1. The Balaban J connectivity index is 1.76. The van der Waals surface area contributed by atoms with Gasteiger partial charge in [0.25, 0.3) is 0 Å².